The molecule has 0 aliphatic heterocycles. The number of benzene rings is 1. The van der Waals surface area contributed by atoms with Crippen LogP contribution in [0.2, 0.25) is 0 Å². The molecule has 1 aromatic heterocycles. The van der Waals surface area contributed by atoms with Crippen molar-refractivity contribution in [3.05, 3.63) is 36.0 Å². The second-order valence-corrected chi connectivity index (χ2v) is 7.30. The Morgan fingerprint density at radius 3 is 2.82 bits per heavy atom. The Morgan fingerprint density at radius 2 is 2.14 bits per heavy atom. The zero-order valence-electron chi connectivity index (χ0n) is 14.1. The average Bonchev–Trinajstić information content (AvgIpc) is 2.88. The SMILES string of the molecule is COc1ccc(CN(C)C2CCC(C)(C)C2)c2cccnc12. The summed E-state index contributed by atoms with van der Waals surface area (Å²) in [6.07, 6.45) is 5.75. The molecule has 2 aromatic rings. The summed E-state index contributed by atoms with van der Waals surface area (Å²) < 4.78 is 5.44. The molecule has 118 valence electrons. The molecule has 1 fully saturated rings. The van der Waals surface area contributed by atoms with Gasteiger partial charge in [0.15, 0.2) is 0 Å². The van der Waals surface area contributed by atoms with Crippen LogP contribution in [0.15, 0.2) is 30.5 Å². The average molecular weight is 298 g/mol. The molecular weight excluding hydrogens is 272 g/mol. The number of nitrogens with zero attached hydrogens (tertiary/aromatic N) is 2. The Labute approximate surface area is 133 Å². The van der Waals surface area contributed by atoms with Crippen molar-refractivity contribution in [2.24, 2.45) is 5.41 Å². The Hall–Kier alpha value is -1.61. The third-order valence-electron chi connectivity index (χ3n) is 5.03. The molecule has 1 unspecified atom stereocenters. The summed E-state index contributed by atoms with van der Waals surface area (Å²) in [5.74, 6) is 0.851. The first kappa shape index (κ1) is 15.3. The van der Waals surface area contributed by atoms with E-state index in [0.29, 0.717) is 11.5 Å². The summed E-state index contributed by atoms with van der Waals surface area (Å²) in [5.41, 5.74) is 2.78. The summed E-state index contributed by atoms with van der Waals surface area (Å²) in [6, 6.07) is 9.05. The summed E-state index contributed by atoms with van der Waals surface area (Å²) in [4.78, 5) is 7.00. The summed E-state index contributed by atoms with van der Waals surface area (Å²) >= 11 is 0. The number of ether oxygens (including phenoxy) is 1. The maximum absolute atomic E-state index is 5.44. The Bertz CT molecular complexity index is 666. The maximum atomic E-state index is 5.44. The molecule has 0 radical (unpaired) electrons. The Balaban J connectivity index is 1.85. The highest BCUT2D eigenvalue weighted by atomic mass is 16.5. The van der Waals surface area contributed by atoms with Gasteiger partial charge in [-0.1, -0.05) is 26.0 Å². The first-order valence-electron chi connectivity index (χ1n) is 8.11. The van der Waals surface area contributed by atoms with Gasteiger partial charge >= 0.3 is 0 Å². The molecule has 0 amide bonds. The van der Waals surface area contributed by atoms with Crippen molar-refractivity contribution < 1.29 is 4.74 Å². The highest BCUT2D eigenvalue weighted by Gasteiger charge is 2.33. The van der Waals surface area contributed by atoms with E-state index in [1.54, 1.807) is 7.11 Å². The van der Waals surface area contributed by atoms with Crippen LogP contribution in [0, 0.1) is 5.41 Å². The van der Waals surface area contributed by atoms with Crippen molar-refractivity contribution in [3.8, 4) is 5.75 Å². The van der Waals surface area contributed by atoms with Crippen LogP contribution in [0.5, 0.6) is 5.75 Å². The summed E-state index contributed by atoms with van der Waals surface area (Å²) in [7, 11) is 3.95. The highest BCUT2D eigenvalue weighted by Crippen LogP contribution is 2.39. The molecule has 0 spiro atoms. The second-order valence-electron chi connectivity index (χ2n) is 7.30. The van der Waals surface area contributed by atoms with Gasteiger partial charge in [0.25, 0.3) is 0 Å². The summed E-state index contributed by atoms with van der Waals surface area (Å²) in [6.45, 7) is 5.73. The van der Waals surface area contributed by atoms with E-state index in [9.17, 15) is 0 Å². The number of aromatic nitrogens is 1. The van der Waals surface area contributed by atoms with Crippen LogP contribution in [0.1, 0.15) is 38.7 Å². The lowest BCUT2D eigenvalue weighted by molar-refractivity contribution is 0.220. The standard InChI is InChI=1S/C19H26N2O/c1-19(2)10-9-15(12-19)21(3)13-14-7-8-17(22-4)18-16(14)6-5-11-20-18/h5-8,11,15H,9-10,12-13H2,1-4H3. The monoisotopic (exact) mass is 298 g/mol. The van der Waals surface area contributed by atoms with Crippen molar-refractivity contribution in [1.29, 1.82) is 0 Å². The second kappa shape index (κ2) is 5.88. The number of rotatable bonds is 4. The minimum absolute atomic E-state index is 0.489. The lowest BCUT2D eigenvalue weighted by atomic mass is 9.91. The van der Waals surface area contributed by atoms with Gasteiger partial charge in [-0.25, -0.2) is 0 Å². The van der Waals surface area contributed by atoms with Crippen LogP contribution in [0.25, 0.3) is 10.9 Å². The van der Waals surface area contributed by atoms with Crippen LogP contribution in [-0.4, -0.2) is 30.1 Å². The third-order valence-corrected chi connectivity index (χ3v) is 5.03. The van der Waals surface area contributed by atoms with Gasteiger partial charge in [0.2, 0.25) is 0 Å². The van der Waals surface area contributed by atoms with Gasteiger partial charge in [0.05, 0.1) is 7.11 Å². The predicted molar refractivity (Wildman–Crippen MR) is 91.2 cm³/mol. The van der Waals surface area contributed by atoms with Gasteiger partial charge in [-0.15, -0.1) is 0 Å². The van der Waals surface area contributed by atoms with Crippen LogP contribution in [0.4, 0.5) is 0 Å². The van der Waals surface area contributed by atoms with Crippen molar-refractivity contribution in [2.75, 3.05) is 14.2 Å². The maximum Gasteiger partial charge on any atom is 0.145 e. The van der Waals surface area contributed by atoms with Gasteiger partial charge in [-0.05, 0) is 49.4 Å². The summed E-state index contributed by atoms with van der Waals surface area (Å²) in [5, 5.41) is 1.20. The molecule has 22 heavy (non-hydrogen) atoms. The minimum atomic E-state index is 0.489. The number of pyridine rings is 1. The van der Waals surface area contributed by atoms with Crippen LogP contribution < -0.4 is 4.74 Å². The van der Waals surface area contributed by atoms with Gasteiger partial charge in [-0.2, -0.15) is 0 Å². The van der Waals surface area contributed by atoms with E-state index in [0.717, 1.165) is 17.8 Å². The molecular formula is C19H26N2O. The molecule has 0 N–H and O–H groups in total. The van der Waals surface area contributed by atoms with E-state index in [1.165, 1.54) is 30.2 Å². The van der Waals surface area contributed by atoms with E-state index in [-0.39, 0.29) is 0 Å². The molecule has 0 saturated heterocycles. The number of methoxy groups -OCH3 is 1. The molecule has 1 atom stereocenters. The molecule has 1 aliphatic carbocycles. The van der Waals surface area contributed by atoms with E-state index >= 15 is 0 Å². The number of hydrogen-bond acceptors (Lipinski definition) is 3. The first-order valence-corrected chi connectivity index (χ1v) is 8.11. The molecule has 3 rings (SSSR count). The topological polar surface area (TPSA) is 25.4 Å². The zero-order chi connectivity index (χ0) is 15.7. The zero-order valence-corrected chi connectivity index (χ0v) is 14.1. The van der Waals surface area contributed by atoms with Crippen molar-refractivity contribution in [3.63, 3.8) is 0 Å². The van der Waals surface area contributed by atoms with E-state index in [2.05, 4.69) is 42.9 Å². The lowest BCUT2D eigenvalue weighted by Crippen LogP contribution is -2.29. The van der Waals surface area contributed by atoms with Crippen molar-refractivity contribution in [1.82, 2.24) is 9.88 Å². The molecule has 1 saturated carbocycles. The fraction of sp³-hybridized carbons (Fsp3) is 0.526. The normalized spacial score (nSPS) is 20.7. The molecule has 1 aliphatic rings. The van der Waals surface area contributed by atoms with Crippen LogP contribution in [-0.2, 0) is 6.54 Å². The van der Waals surface area contributed by atoms with Crippen molar-refractivity contribution in [2.45, 2.75) is 45.7 Å². The quantitative estimate of drug-likeness (QED) is 0.843. The van der Waals surface area contributed by atoms with Gasteiger partial charge in [0.1, 0.15) is 11.3 Å². The van der Waals surface area contributed by atoms with Gasteiger partial charge in [-0.3, -0.25) is 9.88 Å². The third kappa shape index (κ3) is 2.95. The van der Waals surface area contributed by atoms with Crippen molar-refractivity contribution >= 4 is 10.9 Å². The van der Waals surface area contributed by atoms with Gasteiger partial charge < -0.3 is 4.74 Å². The Kier molecular flexibility index (Phi) is 4.09. The van der Waals surface area contributed by atoms with Crippen LogP contribution in [0.3, 0.4) is 0 Å². The van der Waals surface area contributed by atoms with E-state index in [4.69, 9.17) is 4.74 Å². The lowest BCUT2D eigenvalue weighted by Gasteiger charge is -2.26. The Morgan fingerprint density at radius 1 is 1.32 bits per heavy atom. The number of hydrogen-bond donors (Lipinski definition) is 0. The fourth-order valence-corrected chi connectivity index (χ4v) is 3.68. The van der Waals surface area contributed by atoms with Gasteiger partial charge in [0, 0.05) is 24.2 Å². The highest BCUT2D eigenvalue weighted by molar-refractivity contribution is 5.87. The van der Waals surface area contributed by atoms with E-state index in [1.807, 2.05) is 18.3 Å². The largest absolute Gasteiger partial charge is 0.494 e. The molecule has 1 heterocycles. The minimum Gasteiger partial charge on any atom is -0.494 e. The molecule has 3 heteroatoms. The smallest absolute Gasteiger partial charge is 0.145 e. The molecule has 0 bridgehead atoms. The first-order chi connectivity index (χ1) is 10.5. The number of fused-ring (bicyclic) bond motifs is 1. The fourth-order valence-electron chi connectivity index (χ4n) is 3.68. The predicted octanol–water partition coefficient (Wildman–Crippen LogP) is 4.25. The molecule has 3 nitrogen and oxygen atoms in total. The molecule has 1 aromatic carbocycles. The van der Waals surface area contributed by atoms with E-state index < -0.39 is 0 Å². The van der Waals surface area contributed by atoms with Crippen LogP contribution >= 0.6 is 0 Å².